The van der Waals surface area contributed by atoms with Crippen LogP contribution in [0.25, 0.3) is 33.4 Å². The third-order valence-electron chi connectivity index (χ3n) is 6.96. The fourth-order valence-corrected chi connectivity index (χ4v) is 4.59. The van der Waals surface area contributed by atoms with E-state index < -0.39 is 11.7 Å². The summed E-state index contributed by atoms with van der Waals surface area (Å²) in [6.45, 7) is 0.233. The molecule has 0 spiro atoms. The largest absolute Gasteiger partial charge is 0.496 e. The Kier molecular flexibility index (Phi) is 6.76. The molecule has 0 unspecified atom stereocenters. The van der Waals surface area contributed by atoms with Crippen LogP contribution in [-0.2, 0) is 11.3 Å². The Balaban J connectivity index is 1.20. The summed E-state index contributed by atoms with van der Waals surface area (Å²) in [5, 5.41) is 13.6. The number of halogens is 1. The van der Waals surface area contributed by atoms with E-state index in [4.69, 9.17) is 15.5 Å². The van der Waals surface area contributed by atoms with Crippen molar-refractivity contribution in [2.24, 2.45) is 5.92 Å². The lowest BCUT2D eigenvalue weighted by molar-refractivity contribution is -0.117. The number of nitrogens with two attached hydrogens (primary N) is 1. The first-order chi connectivity index (χ1) is 19.9. The summed E-state index contributed by atoms with van der Waals surface area (Å²) in [6.07, 6.45) is 5.19. The quantitative estimate of drug-likeness (QED) is 0.219. The highest BCUT2D eigenvalue weighted by molar-refractivity contribution is 6.06. The van der Waals surface area contributed by atoms with Gasteiger partial charge in [0.1, 0.15) is 11.6 Å². The lowest BCUT2D eigenvalue weighted by Gasteiger charge is -2.11. The van der Waals surface area contributed by atoms with Gasteiger partial charge in [0.15, 0.2) is 5.82 Å². The monoisotopic (exact) mass is 551 g/mol. The molecule has 3 heterocycles. The summed E-state index contributed by atoms with van der Waals surface area (Å²) in [5.74, 6) is -0.234. The average Bonchev–Trinajstić information content (AvgIpc) is 3.78. The predicted octanol–water partition coefficient (Wildman–Crippen LogP) is 4.70. The molecule has 2 aromatic carbocycles. The minimum atomic E-state index is -0.520. The van der Waals surface area contributed by atoms with Crippen LogP contribution in [-0.4, -0.2) is 39.1 Å². The minimum Gasteiger partial charge on any atom is -0.496 e. The van der Waals surface area contributed by atoms with Crippen molar-refractivity contribution in [1.82, 2.24) is 25.5 Å². The first-order valence-corrected chi connectivity index (χ1v) is 13.0. The highest BCUT2D eigenvalue weighted by Gasteiger charge is 2.29. The lowest BCUT2D eigenvalue weighted by atomic mass is 10.0. The Morgan fingerprint density at radius 3 is 2.59 bits per heavy atom. The molecular weight excluding hydrogens is 525 g/mol. The Bertz CT molecular complexity index is 1760. The number of carbonyl (C=O) groups excluding carboxylic acids is 2. The van der Waals surface area contributed by atoms with Crippen LogP contribution in [0.5, 0.6) is 5.75 Å². The van der Waals surface area contributed by atoms with Crippen LogP contribution in [0.4, 0.5) is 15.9 Å². The molecule has 1 fully saturated rings. The van der Waals surface area contributed by atoms with Gasteiger partial charge in [-0.1, -0.05) is 24.3 Å². The van der Waals surface area contributed by atoms with E-state index in [9.17, 15) is 14.0 Å². The van der Waals surface area contributed by atoms with Gasteiger partial charge in [0.2, 0.25) is 5.91 Å². The number of methoxy groups -OCH3 is 1. The molecule has 10 nitrogen and oxygen atoms in total. The van der Waals surface area contributed by atoms with Gasteiger partial charge in [-0.15, -0.1) is 0 Å². The highest BCUT2D eigenvalue weighted by Crippen LogP contribution is 2.35. The van der Waals surface area contributed by atoms with E-state index in [2.05, 4.69) is 25.8 Å². The predicted molar refractivity (Wildman–Crippen MR) is 152 cm³/mol. The van der Waals surface area contributed by atoms with E-state index in [0.717, 1.165) is 35.6 Å². The van der Waals surface area contributed by atoms with Crippen molar-refractivity contribution in [3.63, 3.8) is 0 Å². The Hall–Kier alpha value is -5.32. The molecule has 1 aliphatic carbocycles. The number of ether oxygens (including phenoxy) is 1. The van der Waals surface area contributed by atoms with E-state index >= 15 is 0 Å². The SMILES string of the molecule is COc1ccc(F)cc1C(=O)NCc1ccc(-c2ncc(-c3ccc(NC(=O)C4CC4)cn3)c3[nH]nc(N)c23)cc1. The topological polar surface area (TPSA) is 148 Å². The second-order valence-corrected chi connectivity index (χ2v) is 9.80. The fourth-order valence-electron chi connectivity index (χ4n) is 4.59. The van der Waals surface area contributed by atoms with Gasteiger partial charge in [0, 0.05) is 29.8 Å². The Labute approximate surface area is 234 Å². The fraction of sp³-hybridized carbons (Fsp3) is 0.167. The number of hydrogen-bond donors (Lipinski definition) is 4. The van der Waals surface area contributed by atoms with Gasteiger partial charge in [0.25, 0.3) is 5.91 Å². The van der Waals surface area contributed by atoms with E-state index in [1.54, 1.807) is 12.4 Å². The van der Waals surface area contributed by atoms with Crippen molar-refractivity contribution < 1.29 is 18.7 Å². The second kappa shape index (κ2) is 10.7. The second-order valence-electron chi connectivity index (χ2n) is 9.80. The molecule has 5 aromatic rings. The third-order valence-corrected chi connectivity index (χ3v) is 6.96. The first-order valence-electron chi connectivity index (χ1n) is 13.0. The van der Waals surface area contributed by atoms with E-state index in [-0.39, 0.29) is 23.9 Å². The molecule has 0 radical (unpaired) electrons. The number of nitrogens with one attached hydrogen (secondary N) is 3. The van der Waals surface area contributed by atoms with Gasteiger partial charge in [0.05, 0.1) is 46.8 Å². The number of pyridine rings is 2. The van der Waals surface area contributed by atoms with Gasteiger partial charge >= 0.3 is 0 Å². The number of benzene rings is 2. The van der Waals surface area contributed by atoms with Gasteiger partial charge in [-0.3, -0.25) is 24.7 Å². The number of rotatable bonds is 8. The molecule has 1 saturated carbocycles. The molecule has 0 aliphatic heterocycles. The Morgan fingerprint density at radius 2 is 1.88 bits per heavy atom. The van der Waals surface area contributed by atoms with E-state index in [1.807, 2.05) is 36.4 Å². The van der Waals surface area contributed by atoms with Crippen LogP contribution < -0.4 is 21.1 Å². The summed E-state index contributed by atoms with van der Waals surface area (Å²) >= 11 is 0. The number of aromatic nitrogens is 4. The number of anilines is 2. The minimum absolute atomic E-state index is 0.0227. The number of carbonyl (C=O) groups is 2. The molecule has 0 atom stereocenters. The zero-order valence-electron chi connectivity index (χ0n) is 22.1. The molecule has 11 heteroatoms. The normalized spacial score (nSPS) is 12.7. The summed E-state index contributed by atoms with van der Waals surface area (Å²) in [5.41, 5.74) is 11.4. The number of H-pyrrole nitrogens is 1. The smallest absolute Gasteiger partial charge is 0.255 e. The van der Waals surface area contributed by atoms with Gasteiger partial charge in [-0.2, -0.15) is 5.10 Å². The zero-order chi connectivity index (χ0) is 28.5. The van der Waals surface area contributed by atoms with Crippen molar-refractivity contribution in [1.29, 1.82) is 0 Å². The third kappa shape index (κ3) is 5.29. The molecule has 3 aromatic heterocycles. The maximum Gasteiger partial charge on any atom is 0.255 e. The molecule has 206 valence electrons. The van der Waals surface area contributed by atoms with Crippen LogP contribution in [0, 0.1) is 11.7 Å². The summed E-state index contributed by atoms with van der Waals surface area (Å²) in [7, 11) is 1.43. The number of nitrogens with zero attached hydrogens (tertiary/aromatic N) is 3. The maximum absolute atomic E-state index is 13.7. The summed E-state index contributed by atoms with van der Waals surface area (Å²) < 4.78 is 18.8. The number of nitrogen functional groups attached to an aromatic ring is 1. The molecule has 0 saturated heterocycles. The zero-order valence-corrected chi connectivity index (χ0v) is 22.1. The molecule has 41 heavy (non-hydrogen) atoms. The van der Waals surface area contributed by atoms with Crippen molar-refractivity contribution >= 4 is 34.2 Å². The van der Waals surface area contributed by atoms with Crippen molar-refractivity contribution in [2.45, 2.75) is 19.4 Å². The van der Waals surface area contributed by atoms with Crippen molar-refractivity contribution in [3.05, 3.63) is 83.9 Å². The molecule has 6 rings (SSSR count). The van der Waals surface area contributed by atoms with Crippen molar-refractivity contribution in [3.8, 4) is 28.3 Å². The molecule has 0 bridgehead atoms. The molecule has 5 N–H and O–H groups in total. The number of fused-ring (bicyclic) bond motifs is 1. The van der Waals surface area contributed by atoms with Gasteiger partial charge < -0.3 is 21.1 Å². The maximum atomic E-state index is 13.7. The summed E-state index contributed by atoms with van der Waals surface area (Å²) in [4.78, 5) is 33.9. The highest BCUT2D eigenvalue weighted by atomic mass is 19.1. The molecular formula is C30H26FN7O3. The molecule has 2 amide bonds. The van der Waals surface area contributed by atoms with Gasteiger partial charge in [-0.05, 0) is 48.7 Å². The lowest BCUT2D eigenvalue weighted by Crippen LogP contribution is -2.23. The van der Waals surface area contributed by atoms with Crippen LogP contribution in [0.3, 0.4) is 0 Å². The van der Waals surface area contributed by atoms with E-state index in [1.165, 1.54) is 19.2 Å². The van der Waals surface area contributed by atoms with Crippen LogP contribution in [0.1, 0.15) is 28.8 Å². The van der Waals surface area contributed by atoms with Crippen molar-refractivity contribution in [2.75, 3.05) is 18.2 Å². The van der Waals surface area contributed by atoms with Crippen LogP contribution in [0.15, 0.2) is 67.0 Å². The average molecular weight is 552 g/mol. The van der Waals surface area contributed by atoms with Crippen LogP contribution >= 0.6 is 0 Å². The Morgan fingerprint density at radius 1 is 1.07 bits per heavy atom. The van der Waals surface area contributed by atoms with Crippen LogP contribution in [0.2, 0.25) is 0 Å². The summed E-state index contributed by atoms with van der Waals surface area (Å²) in [6, 6.07) is 14.9. The number of hydrogen-bond acceptors (Lipinski definition) is 7. The van der Waals surface area contributed by atoms with E-state index in [0.29, 0.717) is 39.5 Å². The number of amides is 2. The molecule has 1 aliphatic rings. The standard InChI is InChI=1S/C30H26FN7O3/c1-41-24-11-8-19(31)12-21(24)30(40)35-13-16-2-4-17(5-3-16)26-25-27(37-38-28(25)32)22(15-34-26)23-10-9-20(14-33-23)36-29(39)18-6-7-18/h2-5,8-12,14-15,18H,6-7,13H2,1H3,(H,35,40)(H,36,39)(H3,32,37,38). The number of aromatic amines is 1. The van der Waals surface area contributed by atoms with Gasteiger partial charge in [-0.25, -0.2) is 4.39 Å². The first kappa shape index (κ1) is 25.9.